The fraction of sp³-hybridized carbons (Fsp3) is 0.444. The number of nitrogens with zero attached hydrogens (tertiary/aromatic N) is 2. The molecule has 1 unspecified atom stereocenters. The number of rotatable bonds is 4. The van der Waals surface area contributed by atoms with Crippen molar-refractivity contribution in [2.24, 2.45) is 0 Å². The third-order valence-corrected chi connectivity index (χ3v) is 2.63. The summed E-state index contributed by atoms with van der Waals surface area (Å²) in [5, 5.41) is 0. The second-order valence-corrected chi connectivity index (χ2v) is 3.61. The number of carbonyl (C=O) groups excluding carboxylic acids is 1. The molecule has 0 aliphatic rings. The summed E-state index contributed by atoms with van der Waals surface area (Å²) < 4.78 is 14.5. The van der Waals surface area contributed by atoms with Gasteiger partial charge in [-0.25, -0.2) is 9.97 Å². The van der Waals surface area contributed by atoms with Gasteiger partial charge in [0.1, 0.15) is 0 Å². The van der Waals surface area contributed by atoms with E-state index in [9.17, 15) is 4.79 Å². The Morgan fingerprint density at radius 1 is 1.31 bits per heavy atom. The Bertz CT molecular complexity index is 386. The Kier molecular flexibility index (Phi) is 4.48. The van der Waals surface area contributed by atoms with E-state index in [4.69, 9.17) is 9.47 Å². The Balaban J connectivity index is 3.03. The van der Waals surface area contributed by atoms with Gasteiger partial charge < -0.3 is 14.2 Å². The standard InChI is InChI=1S/C9H11BrN2O4/c1-14-7-8(15-2)12-5(4-11-7)6(10)9(13)16-3/h4,6H,1-3H3. The Morgan fingerprint density at radius 3 is 2.44 bits per heavy atom. The van der Waals surface area contributed by atoms with Crippen LogP contribution in [0.4, 0.5) is 0 Å². The summed E-state index contributed by atoms with van der Waals surface area (Å²) in [5.74, 6) is 0.0192. The number of esters is 1. The molecule has 0 aliphatic heterocycles. The summed E-state index contributed by atoms with van der Waals surface area (Å²) in [6.45, 7) is 0. The van der Waals surface area contributed by atoms with Crippen molar-refractivity contribution in [2.45, 2.75) is 4.83 Å². The molecule has 0 bridgehead atoms. The van der Waals surface area contributed by atoms with Gasteiger partial charge in [-0.1, -0.05) is 15.9 Å². The fourth-order valence-electron chi connectivity index (χ4n) is 0.993. The van der Waals surface area contributed by atoms with Gasteiger partial charge >= 0.3 is 5.97 Å². The van der Waals surface area contributed by atoms with E-state index in [1.165, 1.54) is 27.5 Å². The zero-order valence-electron chi connectivity index (χ0n) is 9.06. The van der Waals surface area contributed by atoms with Crippen LogP contribution < -0.4 is 9.47 Å². The Labute approximate surface area is 101 Å². The lowest BCUT2D eigenvalue weighted by Crippen LogP contribution is -2.11. The summed E-state index contributed by atoms with van der Waals surface area (Å²) in [6, 6.07) is 0. The van der Waals surface area contributed by atoms with E-state index in [-0.39, 0.29) is 11.8 Å². The zero-order chi connectivity index (χ0) is 12.1. The lowest BCUT2D eigenvalue weighted by Gasteiger charge is -2.09. The topological polar surface area (TPSA) is 70.5 Å². The van der Waals surface area contributed by atoms with Crippen LogP contribution in [-0.4, -0.2) is 37.3 Å². The van der Waals surface area contributed by atoms with Crippen molar-refractivity contribution in [3.05, 3.63) is 11.9 Å². The average molecular weight is 291 g/mol. The molecule has 88 valence electrons. The molecule has 6 nitrogen and oxygen atoms in total. The predicted molar refractivity (Wildman–Crippen MR) is 58.8 cm³/mol. The van der Waals surface area contributed by atoms with Crippen LogP contribution in [0.15, 0.2) is 6.20 Å². The summed E-state index contributed by atoms with van der Waals surface area (Å²) in [7, 11) is 4.20. The number of methoxy groups -OCH3 is 3. The zero-order valence-corrected chi connectivity index (χ0v) is 10.6. The smallest absolute Gasteiger partial charge is 0.325 e. The highest BCUT2D eigenvalue weighted by atomic mass is 79.9. The molecule has 0 radical (unpaired) electrons. The van der Waals surface area contributed by atoms with E-state index < -0.39 is 10.8 Å². The molecule has 0 aliphatic carbocycles. The van der Waals surface area contributed by atoms with Crippen molar-refractivity contribution in [3.8, 4) is 11.8 Å². The van der Waals surface area contributed by atoms with E-state index in [1.54, 1.807) is 0 Å². The molecule has 1 heterocycles. The van der Waals surface area contributed by atoms with E-state index in [0.717, 1.165) is 0 Å². The van der Waals surface area contributed by atoms with Crippen LogP contribution in [0.25, 0.3) is 0 Å². The van der Waals surface area contributed by atoms with Gasteiger partial charge in [0.15, 0.2) is 4.83 Å². The SMILES string of the molecule is COC(=O)C(Br)c1cnc(OC)c(OC)n1. The number of alkyl halides is 1. The maximum Gasteiger partial charge on any atom is 0.325 e. The molecule has 7 heteroatoms. The van der Waals surface area contributed by atoms with Gasteiger partial charge in [0.05, 0.1) is 33.2 Å². The van der Waals surface area contributed by atoms with Crippen LogP contribution >= 0.6 is 15.9 Å². The molecule has 16 heavy (non-hydrogen) atoms. The molecule has 0 N–H and O–H groups in total. The predicted octanol–water partition coefficient (Wildman–Crippen LogP) is 1.10. The van der Waals surface area contributed by atoms with Crippen molar-refractivity contribution < 1.29 is 19.0 Å². The first-order valence-electron chi connectivity index (χ1n) is 4.30. The number of hydrogen-bond donors (Lipinski definition) is 0. The van der Waals surface area contributed by atoms with Gasteiger partial charge in [0, 0.05) is 0 Å². The van der Waals surface area contributed by atoms with Gasteiger partial charge in [-0.05, 0) is 0 Å². The average Bonchev–Trinajstić information content (AvgIpc) is 2.35. The van der Waals surface area contributed by atoms with Crippen molar-refractivity contribution >= 4 is 21.9 Å². The van der Waals surface area contributed by atoms with Crippen LogP contribution in [0, 0.1) is 0 Å². The van der Waals surface area contributed by atoms with E-state index in [0.29, 0.717) is 5.69 Å². The van der Waals surface area contributed by atoms with Gasteiger partial charge in [-0.2, -0.15) is 0 Å². The number of aromatic nitrogens is 2. The molecule has 1 rings (SSSR count). The molecule has 0 fully saturated rings. The highest BCUT2D eigenvalue weighted by Crippen LogP contribution is 2.27. The minimum absolute atomic E-state index is 0.216. The molecular weight excluding hydrogens is 280 g/mol. The van der Waals surface area contributed by atoms with Crippen LogP contribution in [0.5, 0.6) is 11.8 Å². The van der Waals surface area contributed by atoms with Crippen molar-refractivity contribution in [2.75, 3.05) is 21.3 Å². The summed E-state index contributed by atoms with van der Waals surface area (Å²) >= 11 is 3.15. The number of hydrogen-bond acceptors (Lipinski definition) is 6. The van der Waals surface area contributed by atoms with Gasteiger partial charge in [-0.15, -0.1) is 0 Å². The minimum Gasteiger partial charge on any atom is -0.477 e. The maximum atomic E-state index is 11.3. The highest BCUT2D eigenvalue weighted by molar-refractivity contribution is 9.09. The largest absolute Gasteiger partial charge is 0.477 e. The third-order valence-electron chi connectivity index (χ3n) is 1.78. The Morgan fingerprint density at radius 2 is 1.94 bits per heavy atom. The van der Waals surface area contributed by atoms with Gasteiger partial charge in [0.25, 0.3) is 11.8 Å². The normalized spacial score (nSPS) is 11.8. The summed E-state index contributed by atoms with van der Waals surface area (Å²) in [5.41, 5.74) is 0.393. The molecule has 1 aromatic heterocycles. The first-order chi connectivity index (χ1) is 7.63. The van der Waals surface area contributed by atoms with Gasteiger partial charge in [-0.3, -0.25) is 4.79 Å². The first kappa shape index (κ1) is 12.7. The monoisotopic (exact) mass is 290 g/mol. The van der Waals surface area contributed by atoms with Gasteiger partial charge in [0.2, 0.25) is 0 Å². The molecular formula is C9H11BrN2O4. The number of ether oxygens (including phenoxy) is 3. The maximum absolute atomic E-state index is 11.3. The van der Waals surface area contributed by atoms with E-state index in [1.807, 2.05) is 0 Å². The highest BCUT2D eigenvalue weighted by Gasteiger charge is 2.21. The van der Waals surface area contributed by atoms with Crippen molar-refractivity contribution in [3.63, 3.8) is 0 Å². The third kappa shape index (κ3) is 2.60. The lowest BCUT2D eigenvalue weighted by atomic mass is 10.3. The number of carbonyl (C=O) groups is 1. The second kappa shape index (κ2) is 5.64. The molecule has 0 aromatic carbocycles. The van der Waals surface area contributed by atoms with Crippen molar-refractivity contribution in [1.82, 2.24) is 9.97 Å². The van der Waals surface area contributed by atoms with Crippen molar-refractivity contribution in [1.29, 1.82) is 0 Å². The van der Waals surface area contributed by atoms with Crippen LogP contribution in [-0.2, 0) is 9.53 Å². The molecule has 0 saturated carbocycles. The lowest BCUT2D eigenvalue weighted by molar-refractivity contribution is -0.140. The minimum atomic E-state index is -0.676. The fourth-order valence-corrected chi connectivity index (χ4v) is 1.40. The summed E-state index contributed by atoms with van der Waals surface area (Å²) in [4.78, 5) is 18.6. The van der Waals surface area contributed by atoms with Crippen LogP contribution in [0.3, 0.4) is 0 Å². The summed E-state index contributed by atoms with van der Waals surface area (Å²) in [6.07, 6.45) is 1.41. The van der Waals surface area contributed by atoms with Crippen LogP contribution in [0.2, 0.25) is 0 Å². The van der Waals surface area contributed by atoms with Crippen LogP contribution in [0.1, 0.15) is 10.5 Å². The molecule has 1 atom stereocenters. The number of halogens is 1. The molecule has 0 saturated heterocycles. The van der Waals surface area contributed by atoms with E-state index >= 15 is 0 Å². The first-order valence-corrected chi connectivity index (χ1v) is 5.22. The molecule has 1 aromatic rings. The molecule has 0 spiro atoms. The van der Waals surface area contributed by atoms with E-state index in [2.05, 4.69) is 30.6 Å². The molecule has 0 amide bonds. The Hall–Kier alpha value is -1.37. The quantitative estimate of drug-likeness (QED) is 0.611. The second-order valence-electron chi connectivity index (χ2n) is 2.70.